The van der Waals surface area contributed by atoms with Crippen LogP contribution in [0.3, 0.4) is 0 Å². The zero-order valence-corrected chi connectivity index (χ0v) is 14.1. The van der Waals surface area contributed by atoms with Gasteiger partial charge in [-0.05, 0) is 44.2 Å². The van der Waals surface area contributed by atoms with E-state index in [-0.39, 0.29) is 6.10 Å². The van der Waals surface area contributed by atoms with Gasteiger partial charge in [0.1, 0.15) is 17.6 Å². The van der Waals surface area contributed by atoms with E-state index in [1.54, 1.807) is 18.2 Å². The van der Waals surface area contributed by atoms with Crippen LogP contribution >= 0.6 is 23.2 Å². The quantitative estimate of drug-likeness (QED) is 0.745. The van der Waals surface area contributed by atoms with Gasteiger partial charge in [-0.15, -0.1) is 0 Å². The van der Waals surface area contributed by atoms with Gasteiger partial charge in [0.2, 0.25) is 0 Å². The molecular weight excluding hydrogens is 321 g/mol. The van der Waals surface area contributed by atoms with Crippen molar-refractivity contribution in [1.82, 2.24) is 0 Å². The second kappa shape index (κ2) is 8.16. The number of hydrogen-bond donors (Lipinski definition) is 1. The third-order valence-corrected chi connectivity index (χ3v) is 3.52. The van der Waals surface area contributed by atoms with Crippen LogP contribution in [0.4, 0.5) is 5.69 Å². The molecule has 2 aromatic rings. The SMILES string of the molecule is CCOc1ccccc1NCC(C)Oc1ccc(Cl)cc1Cl. The molecule has 0 heterocycles. The van der Waals surface area contributed by atoms with E-state index in [9.17, 15) is 0 Å². The molecule has 1 atom stereocenters. The molecule has 3 nitrogen and oxygen atoms in total. The van der Waals surface area contributed by atoms with E-state index in [1.165, 1.54) is 0 Å². The molecule has 0 amide bonds. The van der Waals surface area contributed by atoms with Crippen LogP contribution in [0.5, 0.6) is 11.5 Å². The van der Waals surface area contributed by atoms with Crippen LogP contribution in [-0.4, -0.2) is 19.3 Å². The second-order valence-electron chi connectivity index (χ2n) is 4.81. The molecule has 0 radical (unpaired) electrons. The minimum atomic E-state index is -0.0617. The van der Waals surface area contributed by atoms with Crippen molar-refractivity contribution >= 4 is 28.9 Å². The van der Waals surface area contributed by atoms with Gasteiger partial charge in [-0.3, -0.25) is 0 Å². The molecule has 2 aromatic carbocycles. The van der Waals surface area contributed by atoms with Crippen LogP contribution in [0.15, 0.2) is 42.5 Å². The fourth-order valence-corrected chi connectivity index (χ4v) is 2.43. The van der Waals surface area contributed by atoms with Crippen molar-refractivity contribution < 1.29 is 9.47 Å². The lowest BCUT2D eigenvalue weighted by molar-refractivity contribution is 0.234. The number of halogens is 2. The third-order valence-electron chi connectivity index (χ3n) is 2.99. The van der Waals surface area contributed by atoms with Gasteiger partial charge in [-0.2, -0.15) is 0 Å². The van der Waals surface area contributed by atoms with Crippen LogP contribution in [0.2, 0.25) is 10.0 Å². The van der Waals surface area contributed by atoms with Crippen molar-refractivity contribution in [3.8, 4) is 11.5 Å². The van der Waals surface area contributed by atoms with E-state index in [0.717, 1.165) is 11.4 Å². The monoisotopic (exact) mass is 339 g/mol. The molecule has 0 aliphatic rings. The van der Waals surface area contributed by atoms with Crippen LogP contribution < -0.4 is 14.8 Å². The van der Waals surface area contributed by atoms with E-state index in [0.29, 0.717) is 28.9 Å². The predicted octanol–water partition coefficient (Wildman–Crippen LogP) is 5.27. The molecule has 1 unspecified atom stereocenters. The second-order valence-corrected chi connectivity index (χ2v) is 5.66. The Morgan fingerprint density at radius 2 is 1.86 bits per heavy atom. The summed E-state index contributed by atoms with van der Waals surface area (Å²) in [5.74, 6) is 1.46. The minimum absolute atomic E-state index is 0.0617. The van der Waals surface area contributed by atoms with Gasteiger partial charge in [0.05, 0.1) is 23.9 Å². The van der Waals surface area contributed by atoms with E-state index >= 15 is 0 Å². The maximum atomic E-state index is 6.11. The third kappa shape index (κ3) is 4.72. The fraction of sp³-hybridized carbons (Fsp3) is 0.294. The first-order chi connectivity index (χ1) is 10.6. The first-order valence-electron chi connectivity index (χ1n) is 7.17. The lowest BCUT2D eigenvalue weighted by Crippen LogP contribution is -2.23. The van der Waals surface area contributed by atoms with Gasteiger partial charge < -0.3 is 14.8 Å². The Hall–Kier alpha value is -1.58. The molecule has 0 spiro atoms. The number of rotatable bonds is 7. The van der Waals surface area contributed by atoms with Gasteiger partial charge in [0.15, 0.2) is 0 Å². The molecule has 0 saturated carbocycles. The first kappa shape index (κ1) is 16.8. The fourth-order valence-electron chi connectivity index (χ4n) is 1.98. The maximum Gasteiger partial charge on any atom is 0.142 e. The summed E-state index contributed by atoms with van der Waals surface area (Å²) in [5.41, 5.74) is 0.946. The summed E-state index contributed by atoms with van der Waals surface area (Å²) < 4.78 is 11.4. The molecule has 5 heteroatoms. The van der Waals surface area contributed by atoms with Gasteiger partial charge in [-0.1, -0.05) is 35.3 Å². The molecule has 0 aromatic heterocycles. The summed E-state index contributed by atoms with van der Waals surface area (Å²) in [6.45, 7) is 5.19. The average molecular weight is 340 g/mol. The molecule has 0 aliphatic heterocycles. The van der Waals surface area contributed by atoms with Crippen molar-refractivity contribution in [2.75, 3.05) is 18.5 Å². The smallest absolute Gasteiger partial charge is 0.142 e. The van der Waals surface area contributed by atoms with Gasteiger partial charge in [0.25, 0.3) is 0 Å². The highest BCUT2D eigenvalue weighted by molar-refractivity contribution is 6.35. The number of hydrogen-bond acceptors (Lipinski definition) is 3. The molecule has 1 N–H and O–H groups in total. The van der Waals surface area contributed by atoms with Crippen molar-refractivity contribution in [2.24, 2.45) is 0 Å². The Morgan fingerprint density at radius 3 is 2.59 bits per heavy atom. The summed E-state index contributed by atoms with van der Waals surface area (Å²) in [6.07, 6.45) is -0.0617. The van der Waals surface area contributed by atoms with Crippen LogP contribution in [0.1, 0.15) is 13.8 Å². The van der Waals surface area contributed by atoms with Gasteiger partial charge >= 0.3 is 0 Å². The summed E-state index contributed by atoms with van der Waals surface area (Å²) in [5, 5.41) is 4.43. The number of ether oxygens (including phenoxy) is 2. The topological polar surface area (TPSA) is 30.5 Å². The van der Waals surface area contributed by atoms with Crippen molar-refractivity contribution in [2.45, 2.75) is 20.0 Å². The van der Waals surface area contributed by atoms with Crippen LogP contribution in [0.25, 0.3) is 0 Å². The lowest BCUT2D eigenvalue weighted by atomic mass is 10.2. The molecule has 0 saturated heterocycles. The van der Waals surface area contributed by atoms with E-state index < -0.39 is 0 Å². The Labute approximate surface area is 141 Å². The lowest BCUT2D eigenvalue weighted by Gasteiger charge is -2.18. The molecule has 0 bridgehead atoms. The van der Waals surface area contributed by atoms with E-state index in [4.69, 9.17) is 32.7 Å². The molecule has 0 fully saturated rings. The number of anilines is 1. The average Bonchev–Trinajstić information content (AvgIpc) is 2.49. The Balaban J connectivity index is 1.94. The van der Waals surface area contributed by atoms with Gasteiger partial charge in [-0.25, -0.2) is 0 Å². The summed E-state index contributed by atoms with van der Waals surface area (Å²) in [6, 6.07) is 13.0. The van der Waals surface area contributed by atoms with Crippen molar-refractivity contribution in [3.63, 3.8) is 0 Å². The van der Waals surface area contributed by atoms with Gasteiger partial charge in [0, 0.05) is 5.02 Å². The zero-order chi connectivity index (χ0) is 15.9. The number of para-hydroxylation sites is 2. The normalized spacial score (nSPS) is 11.8. The van der Waals surface area contributed by atoms with E-state index in [2.05, 4.69) is 5.32 Å². The highest BCUT2D eigenvalue weighted by atomic mass is 35.5. The molecule has 22 heavy (non-hydrogen) atoms. The van der Waals surface area contributed by atoms with Crippen molar-refractivity contribution in [1.29, 1.82) is 0 Å². The Bertz CT molecular complexity index is 619. The molecule has 0 aliphatic carbocycles. The van der Waals surface area contributed by atoms with Crippen LogP contribution in [-0.2, 0) is 0 Å². The zero-order valence-electron chi connectivity index (χ0n) is 12.6. The summed E-state index contributed by atoms with van der Waals surface area (Å²) in [7, 11) is 0. The summed E-state index contributed by atoms with van der Waals surface area (Å²) in [4.78, 5) is 0. The van der Waals surface area contributed by atoms with Crippen molar-refractivity contribution in [3.05, 3.63) is 52.5 Å². The Kier molecular flexibility index (Phi) is 6.22. The standard InChI is InChI=1S/C17H19Cl2NO2/c1-3-21-17-7-5-4-6-15(17)20-11-12(2)22-16-9-8-13(18)10-14(16)19/h4-10,12,20H,3,11H2,1-2H3. The van der Waals surface area contributed by atoms with Crippen LogP contribution in [0, 0.1) is 0 Å². The minimum Gasteiger partial charge on any atom is -0.492 e. The highest BCUT2D eigenvalue weighted by Crippen LogP contribution is 2.28. The molecule has 118 valence electrons. The number of nitrogens with one attached hydrogen (secondary N) is 1. The maximum absolute atomic E-state index is 6.11. The predicted molar refractivity (Wildman–Crippen MR) is 92.7 cm³/mol. The number of benzene rings is 2. The molecule has 2 rings (SSSR count). The van der Waals surface area contributed by atoms with E-state index in [1.807, 2.05) is 38.1 Å². The summed E-state index contributed by atoms with van der Waals surface area (Å²) >= 11 is 12.0. The highest BCUT2D eigenvalue weighted by Gasteiger charge is 2.09. The molecular formula is C17H19Cl2NO2. The Morgan fingerprint density at radius 1 is 1.09 bits per heavy atom. The largest absolute Gasteiger partial charge is 0.492 e. The first-order valence-corrected chi connectivity index (χ1v) is 7.93.